The largest absolute Gasteiger partial charge is 0.0654 e. The quantitative estimate of drug-likeness (QED) is 0.227. The zero-order chi connectivity index (χ0) is 26.7. The third-order valence-corrected chi connectivity index (χ3v) is 12.1. The lowest BCUT2D eigenvalue weighted by Crippen LogP contribution is -2.29. The molecule has 2 unspecified atom stereocenters. The second-order valence-corrected chi connectivity index (χ2v) is 14.5. The van der Waals surface area contributed by atoms with Crippen LogP contribution in [0.25, 0.3) is 0 Å². The molecule has 0 spiro atoms. The summed E-state index contributed by atoms with van der Waals surface area (Å²) in [5.74, 6) is 7.51. The molecule has 3 saturated carbocycles. The third kappa shape index (κ3) is 8.61. The molecule has 0 nitrogen and oxygen atoms in total. The molecule has 0 heterocycles. The van der Waals surface area contributed by atoms with Crippen LogP contribution in [0.3, 0.4) is 0 Å². The molecule has 4 rings (SSSR count). The predicted octanol–water partition coefficient (Wildman–Crippen LogP) is 12.5. The highest BCUT2D eigenvalue weighted by molar-refractivity contribution is 5.28. The first kappa shape index (κ1) is 30.2. The third-order valence-electron chi connectivity index (χ3n) is 12.1. The van der Waals surface area contributed by atoms with E-state index in [0.717, 1.165) is 47.3 Å². The number of hydrogen-bond donors (Lipinski definition) is 0. The van der Waals surface area contributed by atoms with E-state index in [-0.39, 0.29) is 0 Å². The van der Waals surface area contributed by atoms with Gasteiger partial charge in [-0.1, -0.05) is 116 Å². The first-order valence-electron chi connectivity index (χ1n) is 17.7. The van der Waals surface area contributed by atoms with Crippen molar-refractivity contribution in [2.75, 3.05) is 0 Å². The van der Waals surface area contributed by atoms with Crippen LogP contribution < -0.4 is 0 Å². The van der Waals surface area contributed by atoms with E-state index in [4.69, 9.17) is 0 Å². The Morgan fingerprint density at radius 3 is 1.50 bits per heavy atom. The molecule has 3 fully saturated rings. The van der Waals surface area contributed by atoms with Gasteiger partial charge in [-0.2, -0.15) is 0 Å². The summed E-state index contributed by atoms with van der Waals surface area (Å²) in [5.41, 5.74) is 3.24. The smallest absolute Gasteiger partial charge is 0.0162 e. The molecule has 1 aromatic carbocycles. The maximum Gasteiger partial charge on any atom is -0.0162 e. The van der Waals surface area contributed by atoms with Crippen molar-refractivity contribution in [1.29, 1.82) is 0 Å². The lowest BCUT2D eigenvalue weighted by Gasteiger charge is -2.40. The topological polar surface area (TPSA) is 0 Å². The van der Waals surface area contributed by atoms with E-state index in [9.17, 15) is 0 Å². The van der Waals surface area contributed by atoms with Gasteiger partial charge in [0.15, 0.2) is 0 Å². The van der Waals surface area contributed by atoms with Crippen molar-refractivity contribution in [1.82, 2.24) is 0 Å². The van der Waals surface area contributed by atoms with E-state index < -0.39 is 0 Å². The van der Waals surface area contributed by atoms with Crippen molar-refractivity contribution in [3.05, 3.63) is 35.4 Å². The van der Waals surface area contributed by atoms with E-state index in [1.807, 2.05) is 0 Å². The molecule has 1 aromatic rings. The van der Waals surface area contributed by atoms with Crippen LogP contribution in [0.5, 0.6) is 0 Å². The van der Waals surface area contributed by atoms with Gasteiger partial charge < -0.3 is 0 Å². The molecule has 0 saturated heterocycles. The van der Waals surface area contributed by atoms with Crippen LogP contribution in [0.2, 0.25) is 0 Å². The van der Waals surface area contributed by atoms with E-state index in [1.165, 1.54) is 128 Å². The lowest BCUT2D eigenvalue weighted by atomic mass is 9.65. The minimum atomic E-state index is 0.730. The van der Waals surface area contributed by atoms with Gasteiger partial charge in [0.2, 0.25) is 0 Å². The molecule has 0 amide bonds. The Labute approximate surface area is 238 Å². The van der Waals surface area contributed by atoms with Crippen LogP contribution in [0.15, 0.2) is 24.3 Å². The van der Waals surface area contributed by atoms with E-state index >= 15 is 0 Å². The summed E-state index contributed by atoms with van der Waals surface area (Å²) in [6.45, 7) is 9.83. The fourth-order valence-corrected chi connectivity index (χ4v) is 9.05. The number of hydrogen-bond acceptors (Lipinski definition) is 0. The molecule has 3 aliphatic rings. The highest BCUT2D eigenvalue weighted by atomic mass is 14.4. The van der Waals surface area contributed by atoms with Gasteiger partial charge in [0, 0.05) is 0 Å². The summed E-state index contributed by atoms with van der Waals surface area (Å²) in [4.78, 5) is 0. The molecule has 0 N–H and O–H groups in total. The van der Waals surface area contributed by atoms with Gasteiger partial charge in [-0.3, -0.25) is 0 Å². The molecule has 0 radical (unpaired) electrons. The van der Waals surface area contributed by atoms with Gasteiger partial charge in [0.25, 0.3) is 0 Å². The Kier molecular flexibility index (Phi) is 12.6. The standard InChI is InChI=1S/C38H64/c1-5-7-9-11-31-13-17-33(18-14-31)29(3)34-21-23-35(24-22-34)30(4)36-25-27-38(28-26-36)37-19-15-32(16-20-37)12-10-8-6-2/h25-35,37H,5-24H2,1-4H3/t29?,30?,31?,32-,33?,34?,35?,37-. The van der Waals surface area contributed by atoms with Crippen LogP contribution in [0, 0.1) is 35.5 Å². The minimum Gasteiger partial charge on any atom is -0.0654 e. The van der Waals surface area contributed by atoms with Crippen molar-refractivity contribution < 1.29 is 0 Å². The summed E-state index contributed by atoms with van der Waals surface area (Å²) in [6, 6.07) is 10.1. The van der Waals surface area contributed by atoms with Crippen molar-refractivity contribution in [3.63, 3.8) is 0 Å². The number of benzene rings is 1. The Morgan fingerprint density at radius 1 is 0.553 bits per heavy atom. The number of unbranched alkanes of at least 4 members (excludes halogenated alkanes) is 4. The summed E-state index contributed by atoms with van der Waals surface area (Å²) in [5, 5.41) is 0. The second-order valence-electron chi connectivity index (χ2n) is 14.5. The van der Waals surface area contributed by atoms with Crippen LogP contribution in [-0.2, 0) is 0 Å². The summed E-state index contributed by atoms with van der Waals surface area (Å²) in [7, 11) is 0. The van der Waals surface area contributed by atoms with E-state index in [1.54, 1.807) is 11.1 Å². The molecule has 0 aliphatic heterocycles. The molecule has 0 aromatic heterocycles. The molecule has 0 heteroatoms. The lowest BCUT2D eigenvalue weighted by molar-refractivity contribution is 0.118. The number of rotatable bonds is 13. The van der Waals surface area contributed by atoms with Gasteiger partial charge in [0.1, 0.15) is 0 Å². The van der Waals surface area contributed by atoms with Crippen LogP contribution in [0.4, 0.5) is 0 Å². The second kappa shape index (κ2) is 15.9. The average molecular weight is 521 g/mol. The predicted molar refractivity (Wildman–Crippen MR) is 168 cm³/mol. The Balaban J connectivity index is 1.17. The highest BCUT2D eigenvalue weighted by Crippen LogP contribution is 2.46. The molecule has 216 valence electrons. The normalized spacial score (nSPS) is 32.1. The first-order chi connectivity index (χ1) is 18.6. The monoisotopic (exact) mass is 521 g/mol. The summed E-state index contributed by atoms with van der Waals surface area (Å²) >= 11 is 0. The molecular formula is C38H64. The molecular weight excluding hydrogens is 456 g/mol. The SMILES string of the molecule is CCCCCC1CCC(C(C)C2CCC(C(C)c3ccc([C@H]4CC[C@H](CCCCC)CC4)cc3)CC2)CC1. The molecule has 2 atom stereocenters. The van der Waals surface area contributed by atoms with Crippen molar-refractivity contribution in [3.8, 4) is 0 Å². The van der Waals surface area contributed by atoms with Crippen LogP contribution in [-0.4, -0.2) is 0 Å². The van der Waals surface area contributed by atoms with Gasteiger partial charge in [-0.05, 0) is 123 Å². The van der Waals surface area contributed by atoms with Gasteiger partial charge in [-0.25, -0.2) is 0 Å². The molecule has 38 heavy (non-hydrogen) atoms. The molecule has 3 aliphatic carbocycles. The minimum absolute atomic E-state index is 0.730. The van der Waals surface area contributed by atoms with E-state index in [0.29, 0.717) is 0 Å². The van der Waals surface area contributed by atoms with Gasteiger partial charge in [-0.15, -0.1) is 0 Å². The van der Waals surface area contributed by atoms with Crippen LogP contribution >= 0.6 is 0 Å². The van der Waals surface area contributed by atoms with Gasteiger partial charge in [0.05, 0.1) is 0 Å². The fraction of sp³-hybridized carbons (Fsp3) is 0.842. The zero-order valence-corrected chi connectivity index (χ0v) is 26.1. The van der Waals surface area contributed by atoms with Crippen LogP contribution in [0.1, 0.15) is 179 Å². The fourth-order valence-electron chi connectivity index (χ4n) is 9.05. The highest BCUT2D eigenvalue weighted by Gasteiger charge is 2.33. The summed E-state index contributed by atoms with van der Waals surface area (Å²) < 4.78 is 0. The maximum absolute atomic E-state index is 2.63. The maximum atomic E-state index is 2.63. The van der Waals surface area contributed by atoms with Gasteiger partial charge >= 0.3 is 0 Å². The average Bonchev–Trinajstić information content (AvgIpc) is 2.98. The Hall–Kier alpha value is -0.780. The van der Waals surface area contributed by atoms with E-state index in [2.05, 4.69) is 52.0 Å². The Morgan fingerprint density at radius 2 is 1.00 bits per heavy atom. The van der Waals surface area contributed by atoms with Crippen molar-refractivity contribution in [2.24, 2.45) is 35.5 Å². The Bertz CT molecular complexity index is 737. The molecule has 0 bridgehead atoms. The summed E-state index contributed by atoms with van der Waals surface area (Å²) in [6.07, 6.45) is 29.4. The van der Waals surface area contributed by atoms with Crippen molar-refractivity contribution >= 4 is 0 Å². The van der Waals surface area contributed by atoms with Crippen molar-refractivity contribution in [2.45, 2.75) is 168 Å². The zero-order valence-electron chi connectivity index (χ0n) is 26.1. The first-order valence-corrected chi connectivity index (χ1v) is 17.7.